The number of amides is 2. The van der Waals surface area contributed by atoms with Crippen LogP contribution >= 0.6 is 0 Å². The first kappa shape index (κ1) is 17.9. The van der Waals surface area contributed by atoms with E-state index in [1.165, 1.54) is 5.01 Å². The van der Waals surface area contributed by atoms with Crippen molar-refractivity contribution in [3.8, 4) is 0 Å². The van der Waals surface area contributed by atoms with Crippen molar-refractivity contribution in [2.75, 3.05) is 10.3 Å². The van der Waals surface area contributed by atoms with Crippen LogP contribution in [0.3, 0.4) is 0 Å². The normalized spacial score (nSPS) is 14.1. The average Bonchev–Trinajstić information content (AvgIpc) is 2.70. The molecule has 4 rings (SSSR count). The summed E-state index contributed by atoms with van der Waals surface area (Å²) < 4.78 is 0. The monoisotopic (exact) mass is 372 g/mol. The molecular weight excluding hydrogens is 352 g/mol. The van der Waals surface area contributed by atoms with E-state index >= 15 is 0 Å². The van der Waals surface area contributed by atoms with Crippen molar-refractivity contribution in [2.45, 2.75) is 26.7 Å². The van der Waals surface area contributed by atoms with Crippen LogP contribution in [-0.2, 0) is 9.59 Å². The fourth-order valence-corrected chi connectivity index (χ4v) is 3.20. The number of rotatable bonds is 3. The number of aryl methyl sites for hydroxylation is 2. The zero-order valence-electron chi connectivity index (χ0n) is 15.8. The lowest BCUT2D eigenvalue weighted by Gasteiger charge is -2.24. The molecule has 0 atom stereocenters. The number of pyridine rings is 1. The highest BCUT2D eigenvalue weighted by Crippen LogP contribution is 2.26. The van der Waals surface area contributed by atoms with Crippen LogP contribution in [0, 0.1) is 13.8 Å². The Hall–Kier alpha value is -3.54. The third-order valence-corrected chi connectivity index (χ3v) is 4.74. The van der Waals surface area contributed by atoms with Crippen molar-refractivity contribution in [2.24, 2.45) is 5.10 Å². The maximum absolute atomic E-state index is 12.7. The molecule has 2 aromatic carbocycles. The fourth-order valence-electron chi connectivity index (χ4n) is 3.20. The number of aromatic nitrogens is 1. The minimum absolute atomic E-state index is 0.113. The number of anilines is 2. The molecule has 0 bridgehead atoms. The average molecular weight is 372 g/mol. The van der Waals surface area contributed by atoms with Gasteiger partial charge in [0.2, 0.25) is 5.91 Å². The SMILES string of the molecule is Cc1ccc(C)c(N2N=C(C(=O)Nc3cnc4ccccc4c3)CCC2=O)c1. The van der Waals surface area contributed by atoms with Gasteiger partial charge in [0, 0.05) is 18.2 Å². The number of carbonyl (C=O) groups excluding carboxylic acids is 2. The van der Waals surface area contributed by atoms with Gasteiger partial charge in [-0.3, -0.25) is 14.6 Å². The molecule has 1 N–H and O–H groups in total. The van der Waals surface area contributed by atoms with Crippen LogP contribution in [0.5, 0.6) is 0 Å². The molecule has 0 radical (unpaired) electrons. The lowest BCUT2D eigenvalue weighted by atomic mass is 10.1. The standard InChI is InChI=1S/C22H20N4O2/c1-14-7-8-15(2)20(11-14)26-21(27)10-9-19(25-26)22(28)24-17-12-16-5-3-4-6-18(16)23-13-17/h3-8,11-13H,9-10H2,1-2H3,(H,24,28). The van der Waals surface area contributed by atoms with Gasteiger partial charge in [0.15, 0.2) is 0 Å². The van der Waals surface area contributed by atoms with Crippen LogP contribution in [0.25, 0.3) is 10.9 Å². The Kier molecular flexibility index (Phi) is 4.61. The molecule has 1 aromatic heterocycles. The summed E-state index contributed by atoms with van der Waals surface area (Å²) in [5.74, 6) is -0.433. The Morgan fingerprint density at radius 1 is 1.07 bits per heavy atom. The molecule has 0 saturated heterocycles. The molecule has 1 aliphatic heterocycles. The van der Waals surface area contributed by atoms with Gasteiger partial charge in [-0.1, -0.05) is 30.3 Å². The first-order valence-corrected chi connectivity index (χ1v) is 9.15. The fraction of sp³-hybridized carbons (Fsp3) is 0.182. The number of nitrogens with zero attached hydrogens (tertiary/aromatic N) is 3. The van der Waals surface area contributed by atoms with E-state index in [2.05, 4.69) is 15.4 Å². The lowest BCUT2D eigenvalue weighted by molar-refractivity contribution is -0.118. The van der Waals surface area contributed by atoms with Crippen molar-refractivity contribution in [1.29, 1.82) is 0 Å². The van der Waals surface area contributed by atoms with Gasteiger partial charge in [-0.15, -0.1) is 0 Å². The van der Waals surface area contributed by atoms with Gasteiger partial charge >= 0.3 is 0 Å². The minimum atomic E-state index is -0.320. The lowest BCUT2D eigenvalue weighted by Crippen LogP contribution is -2.36. The maximum atomic E-state index is 12.7. The molecule has 0 aliphatic carbocycles. The van der Waals surface area contributed by atoms with Crippen LogP contribution in [-0.4, -0.2) is 22.5 Å². The van der Waals surface area contributed by atoms with Gasteiger partial charge in [0.25, 0.3) is 5.91 Å². The predicted molar refractivity (Wildman–Crippen MR) is 110 cm³/mol. The number of carbonyl (C=O) groups is 2. The van der Waals surface area contributed by atoms with E-state index in [-0.39, 0.29) is 18.2 Å². The van der Waals surface area contributed by atoms with E-state index < -0.39 is 0 Å². The second-order valence-corrected chi connectivity index (χ2v) is 6.91. The van der Waals surface area contributed by atoms with Crippen molar-refractivity contribution in [1.82, 2.24) is 4.98 Å². The Morgan fingerprint density at radius 3 is 2.75 bits per heavy atom. The number of para-hydroxylation sites is 1. The first-order valence-electron chi connectivity index (χ1n) is 9.15. The highest BCUT2D eigenvalue weighted by Gasteiger charge is 2.26. The number of hydrogen-bond donors (Lipinski definition) is 1. The smallest absolute Gasteiger partial charge is 0.271 e. The Balaban J connectivity index is 1.60. The predicted octanol–water partition coefficient (Wildman–Crippen LogP) is 3.97. The summed E-state index contributed by atoms with van der Waals surface area (Å²) in [6, 6.07) is 15.4. The summed E-state index contributed by atoms with van der Waals surface area (Å²) in [6.07, 6.45) is 2.18. The molecule has 1 aliphatic rings. The Labute approximate surface area is 162 Å². The molecule has 0 unspecified atom stereocenters. The van der Waals surface area contributed by atoms with E-state index in [1.54, 1.807) is 6.20 Å². The van der Waals surface area contributed by atoms with Gasteiger partial charge in [-0.05, 0) is 43.2 Å². The molecule has 6 nitrogen and oxygen atoms in total. The zero-order chi connectivity index (χ0) is 19.7. The largest absolute Gasteiger partial charge is 0.319 e. The summed E-state index contributed by atoms with van der Waals surface area (Å²) in [5, 5.41) is 9.50. The third-order valence-electron chi connectivity index (χ3n) is 4.74. The quantitative estimate of drug-likeness (QED) is 0.756. The molecule has 140 valence electrons. The van der Waals surface area contributed by atoms with E-state index in [0.717, 1.165) is 22.0 Å². The summed E-state index contributed by atoms with van der Waals surface area (Å²) in [7, 11) is 0. The Morgan fingerprint density at radius 2 is 1.89 bits per heavy atom. The van der Waals surface area contributed by atoms with Crippen molar-refractivity contribution < 1.29 is 9.59 Å². The van der Waals surface area contributed by atoms with E-state index in [1.807, 2.05) is 62.4 Å². The Bertz CT molecular complexity index is 1120. The van der Waals surface area contributed by atoms with Crippen LogP contribution < -0.4 is 10.3 Å². The topological polar surface area (TPSA) is 74.7 Å². The van der Waals surface area contributed by atoms with Crippen molar-refractivity contribution in [3.05, 3.63) is 65.9 Å². The second-order valence-electron chi connectivity index (χ2n) is 6.91. The maximum Gasteiger partial charge on any atom is 0.271 e. The van der Waals surface area contributed by atoms with E-state index in [9.17, 15) is 9.59 Å². The molecule has 0 spiro atoms. The summed E-state index contributed by atoms with van der Waals surface area (Å²) >= 11 is 0. The summed E-state index contributed by atoms with van der Waals surface area (Å²) in [4.78, 5) is 29.5. The van der Waals surface area contributed by atoms with Crippen LogP contribution in [0.15, 0.2) is 59.8 Å². The molecule has 0 fully saturated rings. The van der Waals surface area contributed by atoms with Crippen LogP contribution in [0.4, 0.5) is 11.4 Å². The highest BCUT2D eigenvalue weighted by molar-refractivity contribution is 6.44. The molecule has 28 heavy (non-hydrogen) atoms. The molecule has 2 amide bonds. The van der Waals surface area contributed by atoms with E-state index in [4.69, 9.17) is 0 Å². The highest BCUT2D eigenvalue weighted by atomic mass is 16.2. The summed E-state index contributed by atoms with van der Waals surface area (Å²) in [5.41, 5.74) is 4.46. The molecule has 0 saturated carbocycles. The molecule has 6 heteroatoms. The van der Waals surface area contributed by atoms with Crippen molar-refractivity contribution >= 4 is 39.8 Å². The summed E-state index contributed by atoms with van der Waals surface area (Å²) in [6.45, 7) is 3.88. The molecule has 3 aromatic rings. The minimum Gasteiger partial charge on any atom is -0.319 e. The first-order chi connectivity index (χ1) is 13.5. The number of fused-ring (bicyclic) bond motifs is 1. The van der Waals surface area contributed by atoms with E-state index in [0.29, 0.717) is 23.5 Å². The number of benzene rings is 2. The van der Waals surface area contributed by atoms with Crippen LogP contribution in [0.1, 0.15) is 24.0 Å². The van der Waals surface area contributed by atoms with Gasteiger partial charge in [0.05, 0.1) is 23.1 Å². The van der Waals surface area contributed by atoms with Gasteiger partial charge < -0.3 is 5.32 Å². The number of hydrazone groups is 1. The molecule has 2 heterocycles. The number of hydrogen-bond acceptors (Lipinski definition) is 4. The third kappa shape index (κ3) is 3.49. The zero-order valence-corrected chi connectivity index (χ0v) is 15.8. The molecular formula is C22H20N4O2. The second kappa shape index (κ2) is 7.23. The number of nitrogens with one attached hydrogen (secondary N) is 1. The van der Waals surface area contributed by atoms with Crippen molar-refractivity contribution in [3.63, 3.8) is 0 Å². The van der Waals surface area contributed by atoms with Gasteiger partial charge in [0.1, 0.15) is 5.71 Å². The van der Waals surface area contributed by atoms with Crippen LogP contribution in [0.2, 0.25) is 0 Å². The van der Waals surface area contributed by atoms with Gasteiger partial charge in [-0.2, -0.15) is 5.10 Å². The van der Waals surface area contributed by atoms with Gasteiger partial charge in [-0.25, -0.2) is 5.01 Å².